The molecule has 3 nitrogen and oxygen atoms in total. The van der Waals surface area contributed by atoms with Crippen molar-refractivity contribution < 1.29 is 5.11 Å². The van der Waals surface area contributed by atoms with E-state index in [2.05, 4.69) is 9.59 Å². The van der Waals surface area contributed by atoms with Crippen LogP contribution in [-0.2, 0) is 12.0 Å². The lowest BCUT2D eigenvalue weighted by atomic mass is 10.2. The Morgan fingerprint density at radius 3 is 2.91 bits per heavy atom. The molecular weight excluding hydrogens is 160 g/mol. The average Bonchev–Trinajstić information content (AvgIpc) is 2.61. The molecular formula is C7H10N2OS. The predicted octanol–water partition coefficient (Wildman–Crippen LogP) is 1.08. The largest absolute Gasteiger partial charge is 0.384 e. The highest BCUT2D eigenvalue weighted by Crippen LogP contribution is 2.47. The first-order valence-corrected chi connectivity index (χ1v) is 4.58. The third kappa shape index (κ3) is 1.06. The van der Waals surface area contributed by atoms with E-state index in [1.54, 1.807) is 0 Å². The fourth-order valence-corrected chi connectivity index (χ4v) is 2.02. The first kappa shape index (κ1) is 7.18. The zero-order valence-electron chi connectivity index (χ0n) is 6.37. The summed E-state index contributed by atoms with van der Waals surface area (Å²) in [6.07, 6.45) is 2.63. The Kier molecular flexibility index (Phi) is 1.47. The van der Waals surface area contributed by atoms with Gasteiger partial charge in [-0.3, -0.25) is 0 Å². The van der Waals surface area contributed by atoms with Gasteiger partial charge < -0.3 is 5.11 Å². The number of aromatic nitrogens is 2. The van der Waals surface area contributed by atoms with Gasteiger partial charge in [0.15, 0.2) is 0 Å². The lowest BCUT2D eigenvalue weighted by Gasteiger charge is -2.03. The number of hydrogen-bond donors (Lipinski definition) is 1. The highest BCUT2D eigenvalue weighted by molar-refractivity contribution is 7.05. The second kappa shape index (κ2) is 2.25. The van der Waals surface area contributed by atoms with Crippen molar-refractivity contribution in [1.29, 1.82) is 0 Å². The maximum atomic E-state index is 9.73. The number of aliphatic hydroxyl groups is 1. The molecule has 0 aromatic carbocycles. The highest BCUT2D eigenvalue weighted by Gasteiger charge is 2.45. The summed E-state index contributed by atoms with van der Waals surface area (Å²) >= 11 is 1.33. The molecule has 0 unspecified atom stereocenters. The molecule has 1 aliphatic carbocycles. The van der Waals surface area contributed by atoms with Crippen molar-refractivity contribution in [1.82, 2.24) is 9.59 Å². The Morgan fingerprint density at radius 1 is 1.64 bits per heavy atom. The standard InChI is InChI=1S/C7H10N2OS/c1-2-5-6(11-9-8-5)7(10)3-4-7/h10H,2-4H2,1H3. The van der Waals surface area contributed by atoms with Crippen LogP contribution in [0.15, 0.2) is 0 Å². The molecule has 0 saturated heterocycles. The third-order valence-electron chi connectivity index (χ3n) is 2.04. The molecule has 1 N–H and O–H groups in total. The maximum Gasteiger partial charge on any atom is 0.102 e. The van der Waals surface area contributed by atoms with Crippen LogP contribution in [0.25, 0.3) is 0 Å². The van der Waals surface area contributed by atoms with Crippen LogP contribution in [0.4, 0.5) is 0 Å². The SMILES string of the molecule is CCc1nnsc1C1(O)CC1. The molecule has 1 aromatic heterocycles. The summed E-state index contributed by atoms with van der Waals surface area (Å²) in [7, 11) is 0. The minimum absolute atomic E-state index is 0.542. The van der Waals surface area contributed by atoms with Gasteiger partial charge >= 0.3 is 0 Å². The summed E-state index contributed by atoms with van der Waals surface area (Å²) in [6, 6.07) is 0. The van der Waals surface area contributed by atoms with Crippen LogP contribution in [-0.4, -0.2) is 14.7 Å². The van der Waals surface area contributed by atoms with E-state index < -0.39 is 5.60 Å². The molecule has 1 aromatic rings. The van der Waals surface area contributed by atoms with Crippen LogP contribution in [0, 0.1) is 0 Å². The Balaban J connectivity index is 2.36. The molecule has 0 bridgehead atoms. The second-order valence-electron chi connectivity index (χ2n) is 2.93. The van der Waals surface area contributed by atoms with E-state index >= 15 is 0 Å². The fourth-order valence-electron chi connectivity index (χ4n) is 1.14. The molecule has 0 atom stereocenters. The van der Waals surface area contributed by atoms with Crippen LogP contribution in [0.5, 0.6) is 0 Å². The normalized spacial score (nSPS) is 20.2. The van der Waals surface area contributed by atoms with Crippen LogP contribution in [0.3, 0.4) is 0 Å². The summed E-state index contributed by atoms with van der Waals surface area (Å²) < 4.78 is 3.83. The average molecular weight is 170 g/mol. The first-order chi connectivity index (χ1) is 5.26. The summed E-state index contributed by atoms with van der Waals surface area (Å²) in [5, 5.41) is 13.7. The van der Waals surface area contributed by atoms with Crippen LogP contribution in [0.1, 0.15) is 30.3 Å². The molecule has 60 valence electrons. The van der Waals surface area contributed by atoms with E-state index in [0.29, 0.717) is 0 Å². The van der Waals surface area contributed by atoms with Crippen LogP contribution >= 0.6 is 11.5 Å². The van der Waals surface area contributed by atoms with Gasteiger partial charge in [-0.25, -0.2) is 0 Å². The van der Waals surface area contributed by atoms with E-state index in [4.69, 9.17) is 0 Å². The lowest BCUT2D eigenvalue weighted by Crippen LogP contribution is -2.04. The minimum atomic E-state index is -0.542. The van der Waals surface area contributed by atoms with E-state index in [9.17, 15) is 5.11 Å². The van der Waals surface area contributed by atoms with Gasteiger partial charge in [0.1, 0.15) is 5.60 Å². The monoisotopic (exact) mass is 170 g/mol. The molecule has 11 heavy (non-hydrogen) atoms. The van der Waals surface area contributed by atoms with Crippen LogP contribution < -0.4 is 0 Å². The molecule has 1 fully saturated rings. The number of rotatable bonds is 2. The van der Waals surface area contributed by atoms with Gasteiger partial charge in [0.2, 0.25) is 0 Å². The highest BCUT2D eigenvalue weighted by atomic mass is 32.1. The fraction of sp³-hybridized carbons (Fsp3) is 0.714. The molecule has 1 heterocycles. The van der Waals surface area contributed by atoms with Crippen molar-refractivity contribution in [2.45, 2.75) is 31.8 Å². The van der Waals surface area contributed by atoms with E-state index in [1.807, 2.05) is 6.92 Å². The van der Waals surface area contributed by atoms with Gasteiger partial charge in [0.05, 0.1) is 10.6 Å². The Hall–Kier alpha value is -0.480. The van der Waals surface area contributed by atoms with Crippen molar-refractivity contribution in [2.24, 2.45) is 0 Å². The predicted molar refractivity (Wildman–Crippen MR) is 42.4 cm³/mol. The smallest absolute Gasteiger partial charge is 0.102 e. The van der Waals surface area contributed by atoms with E-state index in [1.165, 1.54) is 11.5 Å². The molecule has 4 heteroatoms. The van der Waals surface area contributed by atoms with E-state index in [0.717, 1.165) is 29.8 Å². The molecule has 2 rings (SSSR count). The number of nitrogens with zero attached hydrogens (tertiary/aromatic N) is 2. The van der Waals surface area contributed by atoms with Gasteiger partial charge in [-0.05, 0) is 30.8 Å². The molecule has 0 aliphatic heterocycles. The molecule has 1 aliphatic rings. The minimum Gasteiger partial charge on any atom is -0.384 e. The van der Waals surface area contributed by atoms with Crippen molar-refractivity contribution in [3.8, 4) is 0 Å². The first-order valence-electron chi connectivity index (χ1n) is 3.80. The van der Waals surface area contributed by atoms with Crippen molar-refractivity contribution in [3.63, 3.8) is 0 Å². The lowest BCUT2D eigenvalue weighted by molar-refractivity contribution is 0.154. The van der Waals surface area contributed by atoms with Crippen molar-refractivity contribution in [2.75, 3.05) is 0 Å². The van der Waals surface area contributed by atoms with Gasteiger partial charge in [0, 0.05) is 0 Å². The number of aryl methyl sites for hydroxylation is 1. The summed E-state index contributed by atoms with van der Waals surface area (Å²) in [5.74, 6) is 0. The van der Waals surface area contributed by atoms with Crippen molar-refractivity contribution in [3.05, 3.63) is 10.6 Å². The Bertz CT molecular complexity index is 267. The molecule has 0 radical (unpaired) electrons. The van der Waals surface area contributed by atoms with Gasteiger partial charge in [-0.2, -0.15) is 0 Å². The van der Waals surface area contributed by atoms with Gasteiger partial charge in [-0.15, -0.1) is 5.10 Å². The summed E-state index contributed by atoms with van der Waals surface area (Å²) in [4.78, 5) is 0.986. The summed E-state index contributed by atoms with van der Waals surface area (Å²) in [5.41, 5.74) is 0.425. The number of hydrogen-bond acceptors (Lipinski definition) is 4. The zero-order valence-corrected chi connectivity index (χ0v) is 7.19. The zero-order chi connectivity index (χ0) is 7.90. The quantitative estimate of drug-likeness (QED) is 0.722. The molecule has 0 spiro atoms. The second-order valence-corrected chi connectivity index (χ2v) is 3.69. The summed E-state index contributed by atoms with van der Waals surface area (Å²) in [6.45, 7) is 2.03. The topological polar surface area (TPSA) is 46.0 Å². The van der Waals surface area contributed by atoms with Crippen LogP contribution in [0.2, 0.25) is 0 Å². The van der Waals surface area contributed by atoms with E-state index in [-0.39, 0.29) is 0 Å². The molecule has 0 amide bonds. The maximum absolute atomic E-state index is 9.73. The Labute approximate surface area is 69.2 Å². The van der Waals surface area contributed by atoms with Gasteiger partial charge in [0.25, 0.3) is 0 Å². The molecule has 1 saturated carbocycles. The third-order valence-corrected chi connectivity index (χ3v) is 3.00. The Morgan fingerprint density at radius 2 is 2.36 bits per heavy atom. The van der Waals surface area contributed by atoms with Gasteiger partial charge in [-0.1, -0.05) is 11.4 Å². The van der Waals surface area contributed by atoms with Crippen molar-refractivity contribution >= 4 is 11.5 Å².